The minimum absolute atomic E-state index is 0.304. The Kier molecular flexibility index (Phi) is 4.62. The first-order valence-corrected chi connectivity index (χ1v) is 10.0. The summed E-state index contributed by atoms with van der Waals surface area (Å²) >= 11 is 1.75. The number of benzene rings is 1. The number of rotatable bonds is 4. The van der Waals surface area contributed by atoms with E-state index in [1.807, 2.05) is 0 Å². The van der Waals surface area contributed by atoms with Crippen molar-refractivity contribution in [2.75, 3.05) is 13.1 Å². The van der Waals surface area contributed by atoms with E-state index in [2.05, 4.69) is 52.5 Å². The minimum atomic E-state index is 0.304. The maximum atomic E-state index is 12.6. The lowest BCUT2D eigenvalue weighted by Gasteiger charge is -2.26. The second-order valence-corrected chi connectivity index (χ2v) is 7.89. The smallest absolute Gasteiger partial charge is 0.222 e. The van der Waals surface area contributed by atoms with Crippen molar-refractivity contribution < 1.29 is 4.79 Å². The van der Waals surface area contributed by atoms with E-state index in [0.29, 0.717) is 12.3 Å². The van der Waals surface area contributed by atoms with Gasteiger partial charge >= 0.3 is 0 Å². The van der Waals surface area contributed by atoms with Crippen molar-refractivity contribution >= 4 is 28.1 Å². The summed E-state index contributed by atoms with van der Waals surface area (Å²) in [6, 6.07) is 10.8. The predicted molar refractivity (Wildman–Crippen MR) is 105 cm³/mol. The molecular formula is C21H24N2OS. The van der Waals surface area contributed by atoms with E-state index in [1.54, 1.807) is 11.3 Å². The van der Waals surface area contributed by atoms with Crippen LogP contribution in [0.4, 0.5) is 0 Å². The van der Waals surface area contributed by atoms with Crippen molar-refractivity contribution in [2.24, 2.45) is 0 Å². The highest BCUT2D eigenvalue weighted by Gasteiger charge is 2.19. The predicted octanol–water partition coefficient (Wildman–Crippen LogP) is 5.15. The van der Waals surface area contributed by atoms with Crippen LogP contribution in [-0.2, 0) is 11.2 Å². The molecule has 0 aliphatic carbocycles. The van der Waals surface area contributed by atoms with Crippen LogP contribution in [0, 0.1) is 6.92 Å². The van der Waals surface area contributed by atoms with Gasteiger partial charge in [-0.15, -0.1) is 11.3 Å². The molecule has 1 aromatic carbocycles. The number of fused-ring (bicyclic) bond motifs is 1. The number of aryl methyl sites for hydroxylation is 2. The number of thiophene rings is 1. The van der Waals surface area contributed by atoms with Crippen molar-refractivity contribution in [3.05, 3.63) is 46.8 Å². The Balaban J connectivity index is 1.63. The second kappa shape index (κ2) is 7.04. The molecule has 3 nitrogen and oxygen atoms in total. The van der Waals surface area contributed by atoms with Gasteiger partial charge in [-0.1, -0.05) is 17.7 Å². The lowest BCUT2D eigenvalue weighted by molar-refractivity contribution is -0.132. The fourth-order valence-corrected chi connectivity index (χ4v) is 4.54. The Labute approximate surface area is 152 Å². The number of aromatic nitrogens is 1. The topological polar surface area (TPSA) is 36.1 Å². The molecule has 4 rings (SSSR count). The molecule has 1 aliphatic rings. The summed E-state index contributed by atoms with van der Waals surface area (Å²) in [6.07, 6.45) is 4.95. The standard InChI is InChI=1S/C21H24N2OS/c1-15-7-9-18-17(14-15)16(21(22-18)19-6-5-13-25-19)8-10-20(24)23-11-3-2-4-12-23/h5-7,9,13-14,22H,2-4,8,10-12H2,1H3. The number of nitrogens with one attached hydrogen (secondary N) is 1. The Bertz CT molecular complexity index is 873. The number of hydrogen-bond donors (Lipinski definition) is 1. The first-order valence-electron chi connectivity index (χ1n) is 9.15. The van der Waals surface area contributed by atoms with Gasteiger partial charge in [-0.25, -0.2) is 0 Å². The molecule has 1 saturated heterocycles. The Morgan fingerprint density at radius 2 is 2.04 bits per heavy atom. The molecule has 0 saturated carbocycles. The maximum absolute atomic E-state index is 12.6. The van der Waals surface area contributed by atoms with Crippen molar-refractivity contribution in [3.63, 3.8) is 0 Å². The Hall–Kier alpha value is -2.07. The first-order chi connectivity index (χ1) is 12.2. The summed E-state index contributed by atoms with van der Waals surface area (Å²) in [4.78, 5) is 19.5. The van der Waals surface area contributed by atoms with Gasteiger partial charge in [0.15, 0.2) is 0 Å². The van der Waals surface area contributed by atoms with Gasteiger partial charge in [-0.3, -0.25) is 4.79 Å². The van der Waals surface area contributed by atoms with Crippen LogP contribution in [0.15, 0.2) is 35.7 Å². The summed E-state index contributed by atoms with van der Waals surface area (Å²) in [5.74, 6) is 0.304. The number of amides is 1. The van der Waals surface area contributed by atoms with Crippen molar-refractivity contribution in [1.29, 1.82) is 0 Å². The molecule has 130 valence electrons. The highest BCUT2D eigenvalue weighted by atomic mass is 32.1. The maximum Gasteiger partial charge on any atom is 0.222 e. The largest absolute Gasteiger partial charge is 0.354 e. The van der Waals surface area contributed by atoms with Crippen LogP contribution in [0.2, 0.25) is 0 Å². The monoisotopic (exact) mass is 352 g/mol. The average molecular weight is 353 g/mol. The molecule has 0 bridgehead atoms. The first kappa shape index (κ1) is 16.4. The van der Waals surface area contributed by atoms with Gasteiger partial charge in [-0.2, -0.15) is 0 Å². The molecule has 3 heterocycles. The third-order valence-electron chi connectivity index (χ3n) is 5.13. The molecule has 1 N–H and O–H groups in total. The van der Waals surface area contributed by atoms with Crippen LogP contribution >= 0.6 is 11.3 Å². The molecule has 1 aliphatic heterocycles. The molecular weight excluding hydrogens is 328 g/mol. The zero-order valence-electron chi connectivity index (χ0n) is 14.7. The third kappa shape index (κ3) is 3.36. The lowest BCUT2D eigenvalue weighted by Crippen LogP contribution is -2.35. The molecule has 1 fully saturated rings. The number of likely N-dealkylation sites (tertiary alicyclic amines) is 1. The molecule has 1 amide bonds. The molecule has 3 aromatic rings. The fraction of sp³-hybridized carbons (Fsp3) is 0.381. The summed E-state index contributed by atoms with van der Waals surface area (Å²) < 4.78 is 0. The molecule has 0 spiro atoms. The number of H-pyrrole nitrogens is 1. The van der Waals surface area contributed by atoms with Crippen LogP contribution < -0.4 is 0 Å². The highest BCUT2D eigenvalue weighted by Crippen LogP contribution is 2.34. The van der Waals surface area contributed by atoms with Crippen LogP contribution in [0.1, 0.15) is 36.8 Å². The number of piperidine rings is 1. The van der Waals surface area contributed by atoms with Gasteiger partial charge in [0.05, 0.1) is 10.6 Å². The van der Waals surface area contributed by atoms with Gasteiger partial charge in [-0.05, 0) is 61.7 Å². The number of nitrogens with zero attached hydrogens (tertiary/aromatic N) is 1. The molecule has 4 heteroatoms. The fourth-order valence-electron chi connectivity index (χ4n) is 3.79. The van der Waals surface area contributed by atoms with E-state index >= 15 is 0 Å². The van der Waals surface area contributed by atoms with Crippen molar-refractivity contribution in [1.82, 2.24) is 9.88 Å². The van der Waals surface area contributed by atoms with Gasteiger partial charge < -0.3 is 9.88 Å². The van der Waals surface area contributed by atoms with E-state index in [9.17, 15) is 4.79 Å². The van der Waals surface area contributed by atoms with Crippen LogP contribution in [0.3, 0.4) is 0 Å². The zero-order valence-corrected chi connectivity index (χ0v) is 15.5. The number of carbonyl (C=O) groups is 1. The molecule has 0 unspecified atom stereocenters. The van der Waals surface area contributed by atoms with E-state index in [4.69, 9.17) is 0 Å². The van der Waals surface area contributed by atoms with Gasteiger partial charge in [0.2, 0.25) is 5.91 Å². The Morgan fingerprint density at radius 3 is 2.80 bits per heavy atom. The molecule has 25 heavy (non-hydrogen) atoms. The molecule has 2 aromatic heterocycles. The van der Waals surface area contributed by atoms with Crippen LogP contribution in [0.25, 0.3) is 21.5 Å². The highest BCUT2D eigenvalue weighted by molar-refractivity contribution is 7.13. The van der Waals surface area contributed by atoms with Crippen molar-refractivity contribution in [3.8, 4) is 10.6 Å². The summed E-state index contributed by atoms with van der Waals surface area (Å²) in [5, 5.41) is 3.37. The summed E-state index contributed by atoms with van der Waals surface area (Å²) in [7, 11) is 0. The van der Waals surface area contributed by atoms with E-state index in [-0.39, 0.29) is 0 Å². The van der Waals surface area contributed by atoms with E-state index in [1.165, 1.54) is 33.5 Å². The van der Waals surface area contributed by atoms with E-state index in [0.717, 1.165) is 37.9 Å². The quantitative estimate of drug-likeness (QED) is 0.692. The SMILES string of the molecule is Cc1ccc2[nH]c(-c3cccs3)c(CCC(=O)N3CCCCC3)c2c1. The number of hydrogen-bond acceptors (Lipinski definition) is 2. The number of carbonyl (C=O) groups excluding carboxylic acids is 1. The summed E-state index contributed by atoms with van der Waals surface area (Å²) in [6.45, 7) is 3.99. The normalized spacial score (nSPS) is 15.0. The minimum Gasteiger partial charge on any atom is -0.354 e. The van der Waals surface area contributed by atoms with E-state index < -0.39 is 0 Å². The lowest BCUT2D eigenvalue weighted by atomic mass is 10.0. The van der Waals surface area contributed by atoms with Gasteiger partial charge in [0.1, 0.15) is 0 Å². The third-order valence-corrected chi connectivity index (χ3v) is 6.01. The van der Waals surface area contributed by atoms with Gasteiger partial charge in [0.25, 0.3) is 0 Å². The molecule has 0 radical (unpaired) electrons. The second-order valence-electron chi connectivity index (χ2n) is 6.95. The van der Waals surface area contributed by atoms with Crippen LogP contribution in [-0.4, -0.2) is 28.9 Å². The molecule has 0 atom stereocenters. The zero-order chi connectivity index (χ0) is 17.2. The average Bonchev–Trinajstić information content (AvgIpc) is 3.28. The Morgan fingerprint density at radius 1 is 1.20 bits per heavy atom. The summed E-state index contributed by atoms with van der Waals surface area (Å²) in [5.41, 5.74) is 4.89. The van der Waals surface area contributed by atoms with Crippen LogP contribution in [0.5, 0.6) is 0 Å². The van der Waals surface area contributed by atoms with Crippen molar-refractivity contribution in [2.45, 2.75) is 39.0 Å². The van der Waals surface area contributed by atoms with Gasteiger partial charge in [0, 0.05) is 30.4 Å². The number of aromatic amines is 1.